The average Bonchev–Trinajstić information content (AvgIpc) is 2.25. The van der Waals surface area contributed by atoms with Crippen LogP contribution in [-0.4, -0.2) is 43.0 Å². The van der Waals surface area contributed by atoms with Crippen LogP contribution in [0.5, 0.6) is 0 Å². The number of carbonyl (C=O) groups excluding carboxylic acids is 1. The molecule has 0 heterocycles. The molecule has 0 aliphatic carbocycles. The van der Waals surface area contributed by atoms with Crippen LogP contribution in [0.15, 0.2) is 0 Å². The molecule has 0 bridgehead atoms. The van der Waals surface area contributed by atoms with E-state index in [0.29, 0.717) is 6.61 Å². The van der Waals surface area contributed by atoms with Gasteiger partial charge in [-0.25, -0.2) is 4.79 Å². The number of amides is 2. The molecule has 0 saturated heterocycles. The normalized spacial score (nSPS) is 16.4. The van der Waals surface area contributed by atoms with Gasteiger partial charge >= 0.3 is 6.03 Å². The predicted molar refractivity (Wildman–Crippen MR) is 68.0 cm³/mol. The number of rotatable bonds is 7. The molecule has 0 rings (SSSR count). The maximum Gasteiger partial charge on any atom is 0.315 e. The van der Waals surface area contributed by atoms with Crippen molar-refractivity contribution in [1.82, 2.24) is 10.6 Å². The van der Waals surface area contributed by atoms with E-state index in [1.165, 1.54) is 0 Å². The average molecular weight is 246 g/mol. The summed E-state index contributed by atoms with van der Waals surface area (Å²) in [7, 11) is 1.60. The summed E-state index contributed by atoms with van der Waals surface area (Å²) < 4.78 is 4.99. The zero-order chi connectivity index (χ0) is 13.5. The number of nitrogens with one attached hydrogen (secondary N) is 2. The van der Waals surface area contributed by atoms with Crippen LogP contribution in [0.3, 0.4) is 0 Å². The molecule has 3 N–H and O–H groups in total. The first-order valence-electron chi connectivity index (χ1n) is 6.09. The Bertz CT molecular complexity index is 230. The molecular formula is C12H26N2O3. The summed E-state index contributed by atoms with van der Waals surface area (Å²) >= 11 is 0. The fraction of sp³-hybridized carbons (Fsp3) is 0.917. The SMILES string of the molecule is CCC(COC)NC(=O)NCC(C)(O)C(C)C. The second-order valence-electron chi connectivity index (χ2n) is 4.90. The molecule has 0 aromatic carbocycles. The van der Waals surface area contributed by atoms with Gasteiger partial charge in [0.25, 0.3) is 0 Å². The van der Waals surface area contributed by atoms with Crippen LogP contribution in [0.4, 0.5) is 4.79 Å². The molecular weight excluding hydrogens is 220 g/mol. The zero-order valence-electron chi connectivity index (χ0n) is 11.5. The van der Waals surface area contributed by atoms with Gasteiger partial charge in [-0.2, -0.15) is 0 Å². The second-order valence-corrected chi connectivity index (χ2v) is 4.90. The first-order valence-corrected chi connectivity index (χ1v) is 6.09. The smallest absolute Gasteiger partial charge is 0.315 e. The number of hydrogen-bond donors (Lipinski definition) is 3. The van der Waals surface area contributed by atoms with Crippen LogP contribution < -0.4 is 10.6 Å². The fourth-order valence-corrected chi connectivity index (χ4v) is 1.16. The van der Waals surface area contributed by atoms with Gasteiger partial charge in [-0.1, -0.05) is 20.8 Å². The third kappa shape index (κ3) is 6.48. The molecule has 0 aromatic rings. The molecule has 17 heavy (non-hydrogen) atoms. The topological polar surface area (TPSA) is 70.6 Å². The molecule has 102 valence electrons. The molecule has 0 spiro atoms. The Morgan fingerprint density at radius 2 is 2.06 bits per heavy atom. The van der Waals surface area contributed by atoms with Crippen molar-refractivity contribution in [2.75, 3.05) is 20.3 Å². The van der Waals surface area contributed by atoms with Crippen molar-refractivity contribution in [3.8, 4) is 0 Å². The summed E-state index contributed by atoms with van der Waals surface area (Å²) in [5.41, 5.74) is -0.889. The lowest BCUT2D eigenvalue weighted by Gasteiger charge is -2.28. The van der Waals surface area contributed by atoms with Crippen molar-refractivity contribution in [2.24, 2.45) is 5.92 Å². The summed E-state index contributed by atoms with van der Waals surface area (Å²) in [5, 5.41) is 15.4. The highest BCUT2D eigenvalue weighted by Gasteiger charge is 2.25. The van der Waals surface area contributed by atoms with E-state index in [1.54, 1.807) is 14.0 Å². The highest BCUT2D eigenvalue weighted by atomic mass is 16.5. The highest BCUT2D eigenvalue weighted by molar-refractivity contribution is 5.74. The maximum absolute atomic E-state index is 11.6. The van der Waals surface area contributed by atoms with Crippen molar-refractivity contribution in [2.45, 2.75) is 45.8 Å². The highest BCUT2D eigenvalue weighted by Crippen LogP contribution is 2.14. The van der Waals surface area contributed by atoms with Crippen LogP contribution in [0.1, 0.15) is 34.1 Å². The largest absolute Gasteiger partial charge is 0.388 e. The molecule has 5 nitrogen and oxygen atoms in total. The van der Waals surface area contributed by atoms with E-state index in [-0.39, 0.29) is 24.5 Å². The zero-order valence-corrected chi connectivity index (χ0v) is 11.5. The van der Waals surface area contributed by atoms with Crippen LogP contribution in [0.25, 0.3) is 0 Å². The van der Waals surface area contributed by atoms with Crippen molar-refractivity contribution in [3.05, 3.63) is 0 Å². The molecule has 0 aliphatic heterocycles. The fourth-order valence-electron chi connectivity index (χ4n) is 1.16. The van der Waals surface area contributed by atoms with Crippen molar-refractivity contribution >= 4 is 6.03 Å². The van der Waals surface area contributed by atoms with Crippen LogP contribution >= 0.6 is 0 Å². The van der Waals surface area contributed by atoms with Crippen molar-refractivity contribution < 1.29 is 14.6 Å². The number of hydrogen-bond acceptors (Lipinski definition) is 3. The minimum absolute atomic E-state index is 0.00370. The van der Waals surface area contributed by atoms with Crippen LogP contribution in [0.2, 0.25) is 0 Å². The lowest BCUT2D eigenvalue weighted by molar-refractivity contribution is 0.0164. The van der Waals surface area contributed by atoms with Gasteiger partial charge in [-0.05, 0) is 19.3 Å². The number of urea groups is 1. The lowest BCUT2D eigenvalue weighted by Crippen LogP contribution is -2.50. The van der Waals surface area contributed by atoms with E-state index in [2.05, 4.69) is 10.6 Å². The van der Waals surface area contributed by atoms with Crippen LogP contribution in [-0.2, 0) is 4.74 Å². The monoisotopic (exact) mass is 246 g/mol. The molecule has 2 atom stereocenters. The number of aliphatic hydroxyl groups is 1. The number of methoxy groups -OCH3 is 1. The van der Waals surface area contributed by atoms with Gasteiger partial charge < -0.3 is 20.5 Å². The molecule has 0 fully saturated rings. The molecule has 2 unspecified atom stereocenters. The quantitative estimate of drug-likeness (QED) is 0.630. The Kier molecular flexibility index (Phi) is 7.15. The Hall–Kier alpha value is -0.810. The molecule has 5 heteroatoms. The number of carbonyl (C=O) groups is 1. The molecule has 0 radical (unpaired) electrons. The molecule has 0 saturated carbocycles. The van der Waals surface area contributed by atoms with Crippen molar-refractivity contribution in [3.63, 3.8) is 0 Å². The van der Waals surface area contributed by atoms with Gasteiger partial charge in [0.1, 0.15) is 0 Å². The van der Waals surface area contributed by atoms with Gasteiger partial charge in [0.2, 0.25) is 0 Å². The molecule has 0 aliphatic rings. The van der Waals surface area contributed by atoms with Crippen molar-refractivity contribution in [1.29, 1.82) is 0 Å². The first-order chi connectivity index (χ1) is 7.83. The first kappa shape index (κ1) is 16.2. The summed E-state index contributed by atoms with van der Waals surface area (Å²) in [5.74, 6) is 0.0868. The van der Waals surface area contributed by atoms with E-state index in [4.69, 9.17) is 4.74 Å². The summed E-state index contributed by atoms with van der Waals surface area (Å²) in [6.07, 6.45) is 0.807. The summed E-state index contributed by atoms with van der Waals surface area (Å²) in [6, 6.07) is -0.265. The third-order valence-electron chi connectivity index (χ3n) is 3.05. The van der Waals surface area contributed by atoms with Gasteiger partial charge in [0.15, 0.2) is 0 Å². The van der Waals surface area contributed by atoms with E-state index in [0.717, 1.165) is 6.42 Å². The third-order valence-corrected chi connectivity index (χ3v) is 3.05. The minimum atomic E-state index is -0.889. The van der Waals surface area contributed by atoms with Gasteiger partial charge in [-0.15, -0.1) is 0 Å². The maximum atomic E-state index is 11.6. The van der Waals surface area contributed by atoms with E-state index in [1.807, 2.05) is 20.8 Å². The van der Waals surface area contributed by atoms with Gasteiger partial charge in [0, 0.05) is 13.7 Å². The predicted octanol–water partition coefficient (Wildman–Crippen LogP) is 1.12. The summed E-state index contributed by atoms with van der Waals surface area (Å²) in [4.78, 5) is 11.6. The minimum Gasteiger partial charge on any atom is -0.388 e. The Morgan fingerprint density at radius 1 is 1.47 bits per heavy atom. The van der Waals surface area contributed by atoms with E-state index >= 15 is 0 Å². The number of ether oxygens (including phenoxy) is 1. The van der Waals surface area contributed by atoms with Crippen LogP contribution in [0, 0.1) is 5.92 Å². The van der Waals surface area contributed by atoms with Gasteiger partial charge in [0.05, 0.1) is 18.2 Å². The standard InChI is InChI=1S/C12H26N2O3/c1-6-10(7-17-5)14-11(15)13-8-12(4,16)9(2)3/h9-10,16H,6-8H2,1-5H3,(H2,13,14,15). The molecule has 2 amide bonds. The Morgan fingerprint density at radius 3 is 2.47 bits per heavy atom. The Balaban J connectivity index is 4.02. The van der Waals surface area contributed by atoms with Gasteiger partial charge in [-0.3, -0.25) is 0 Å². The van der Waals surface area contributed by atoms with E-state index < -0.39 is 5.60 Å². The summed E-state index contributed by atoms with van der Waals surface area (Å²) in [6.45, 7) is 8.25. The van der Waals surface area contributed by atoms with E-state index in [9.17, 15) is 9.90 Å². The second kappa shape index (κ2) is 7.50. The Labute approximate surface area is 104 Å². The lowest BCUT2D eigenvalue weighted by atomic mass is 9.93. The molecule has 0 aromatic heterocycles.